The van der Waals surface area contributed by atoms with Crippen LogP contribution in [-0.4, -0.2) is 48.6 Å². The quantitative estimate of drug-likeness (QED) is 0.890. The van der Waals surface area contributed by atoms with Crippen molar-refractivity contribution in [2.24, 2.45) is 0 Å². The number of carbonyl (C=O) groups excluding carboxylic acids is 1. The number of amides is 1. The third-order valence-electron chi connectivity index (χ3n) is 4.33. The highest BCUT2D eigenvalue weighted by Gasteiger charge is 2.44. The van der Waals surface area contributed by atoms with Crippen molar-refractivity contribution in [2.75, 3.05) is 19.6 Å². The molecule has 2 saturated heterocycles. The summed E-state index contributed by atoms with van der Waals surface area (Å²) in [5.41, 5.74) is 0. The van der Waals surface area contributed by atoms with Crippen molar-refractivity contribution in [3.8, 4) is 0 Å². The molecule has 0 aliphatic carbocycles. The van der Waals surface area contributed by atoms with Gasteiger partial charge in [0.05, 0.1) is 6.04 Å². The van der Waals surface area contributed by atoms with E-state index in [1.165, 1.54) is 8.61 Å². The molecule has 2 aliphatic rings. The van der Waals surface area contributed by atoms with Gasteiger partial charge in [0.15, 0.2) is 0 Å². The molecule has 1 N–H and O–H groups in total. The molecule has 1 aromatic heterocycles. The molecule has 0 saturated carbocycles. The number of nitrogens with one attached hydrogen (secondary N) is 1. The van der Waals surface area contributed by atoms with Crippen LogP contribution < -0.4 is 5.32 Å². The molecule has 22 heavy (non-hydrogen) atoms. The Morgan fingerprint density at radius 1 is 1.27 bits per heavy atom. The van der Waals surface area contributed by atoms with E-state index in [0.29, 0.717) is 25.4 Å². The minimum absolute atomic E-state index is 0.251. The summed E-state index contributed by atoms with van der Waals surface area (Å²) in [4.78, 5) is 11.8. The molecule has 8 heteroatoms. The lowest BCUT2D eigenvalue weighted by Crippen LogP contribution is -2.58. The zero-order valence-corrected chi connectivity index (χ0v) is 13.6. The van der Waals surface area contributed by atoms with Crippen molar-refractivity contribution in [1.29, 1.82) is 0 Å². The van der Waals surface area contributed by atoms with Crippen molar-refractivity contribution >= 4 is 16.1 Å². The van der Waals surface area contributed by atoms with Crippen LogP contribution in [0.1, 0.15) is 37.3 Å². The van der Waals surface area contributed by atoms with E-state index in [4.69, 9.17) is 4.42 Å². The fourth-order valence-corrected chi connectivity index (χ4v) is 5.12. The van der Waals surface area contributed by atoms with Crippen LogP contribution in [0.5, 0.6) is 0 Å². The zero-order chi connectivity index (χ0) is 15.9. The van der Waals surface area contributed by atoms with Gasteiger partial charge in [-0.25, -0.2) is 0 Å². The van der Waals surface area contributed by atoms with Crippen LogP contribution in [0.2, 0.25) is 0 Å². The minimum Gasteiger partial charge on any atom is -0.465 e. The molecule has 0 radical (unpaired) electrons. The Kier molecular flexibility index (Phi) is 4.00. The molecule has 7 nitrogen and oxygen atoms in total. The van der Waals surface area contributed by atoms with E-state index in [-0.39, 0.29) is 11.9 Å². The molecule has 0 unspecified atom stereocenters. The van der Waals surface area contributed by atoms with Gasteiger partial charge in [-0.2, -0.15) is 17.0 Å². The van der Waals surface area contributed by atoms with E-state index < -0.39 is 16.3 Å². The molecule has 0 aromatic carbocycles. The SMILES string of the molecule is Cc1ccc([C@@H]2CCCN2S(=O)(=O)N2CCNC(=O)[C@@H]2C)o1. The number of nitrogens with zero attached hydrogens (tertiary/aromatic N) is 2. The fourth-order valence-electron chi connectivity index (χ4n) is 3.14. The van der Waals surface area contributed by atoms with E-state index >= 15 is 0 Å². The van der Waals surface area contributed by atoms with Gasteiger partial charge in [0, 0.05) is 19.6 Å². The summed E-state index contributed by atoms with van der Waals surface area (Å²) < 4.78 is 34.3. The van der Waals surface area contributed by atoms with Crippen molar-refractivity contribution < 1.29 is 17.6 Å². The molecule has 1 amide bonds. The van der Waals surface area contributed by atoms with Gasteiger partial charge in [0.2, 0.25) is 5.91 Å². The van der Waals surface area contributed by atoms with Crippen molar-refractivity contribution in [3.05, 3.63) is 23.7 Å². The first kappa shape index (κ1) is 15.5. The molecule has 2 fully saturated rings. The maximum absolute atomic E-state index is 13.0. The molecule has 0 bridgehead atoms. The number of hydrogen-bond donors (Lipinski definition) is 1. The largest absolute Gasteiger partial charge is 0.465 e. The summed E-state index contributed by atoms with van der Waals surface area (Å²) in [6.07, 6.45) is 1.53. The van der Waals surface area contributed by atoms with Crippen molar-refractivity contribution in [2.45, 2.75) is 38.8 Å². The minimum atomic E-state index is -3.69. The summed E-state index contributed by atoms with van der Waals surface area (Å²) in [7, 11) is -3.69. The molecular weight excluding hydrogens is 306 g/mol. The summed E-state index contributed by atoms with van der Waals surface area (Å²) in [6, 6.07) is 2.71. The Labute approximate surface area is 130 Å². The molecule has 2 aliphatic heterocycles. The highest BCUT2D eigenvalue weighted by atomic mass is 32.2. The molecule has 3 rings (SSSR count). The zero-order valence-electron chi connectivity index (χ0n) is 12.8. The van der Waals surface area contributed by atoms with Gasteiger partial charge in [0.25, 0.3) is 10.2 Å². The number of rotatable bonds is 3. The van der Waals surface area contributed by atoms with Crippen molar-refractivity contribution in [1.82, 2.24) is 13.9 Å². The van der Waals surface area contributed by atoms with Crippen LogP contribution >= 0.6 is 0 Å². The predicted molar refractivity (Wildman–Crippen MR) is 80.2 cm³/mol. The second kappa shape index (κ2) is 5.68. The maximum Gasteiger partial charge on any atom is 0.283 e. The second-order valence-corrected chi connectivity index (χ2v) is 7.64. The lowest BCUT2D eigenvalue weighted by Gasteiger charge is -2.36. The lowest BCUT2D eigenvalue weighted by molar-refractivity contribution is -0.126. The van der Waals surface area contributed by atoms with E-state index in [9.17, 15) is 13.2 Å². The van der Waals surface area contributed by atoms with E-state index in [1.807, 2.05) is 19.1 Å². The molecule has 122 valence electrons. The first-order valence-corrected chi connectivity index (χ1v) is 8.93. The molecule has 1 aromatic rings. The van der Waals surface area contributed by atoms with Crippen LogP contribution in [0.25, 0.3) is 0 Å². The van der Waals surface area contributed by atoms with Gasteiger partial charge in [-0.15, -0.1) is 0 Å². The van der Waals surface area contributed by atoms with Gasteiger partial charge in [-0.1, -0.05) is 0 Å². The van der Waals surface area contributed by atoms with Crippen molar-refractivity contribution in [3.63, 3.8) is 0 Å². The molecule has 3 heterocycles. The Morgan fingerprint density at radius 2 is 2.05 bits per heavy atom. The number of aryl methyl sites for hydroxylation is 1. The molecule has 0 spiro atoms. The second-order valence-electron chi connectivity index (χ2n) is 5.80. The summed E-state index contributed by atoms with van der Waals surface area (Å²) in [5, 5.41) is 2.69. The van der Waals surface area contributed by atoms with Gasteiger partial charge >= 0.3 is 0 Å². The fraction of sp³-hybridized carbons (Fsp3) is 0.643. The normalized spacial score (nSPS) is 28.0. The number of hydrogen-bond acceptors (Lipinski definition) is 4. The maximum atomic E-state index is 13.0. The first-order valence-electron chi connectivity index (χ1n) is 7.54. The monoisotopic (exact) mass is 327 g/mol. The molecular formula is C14H21N3O4S. The standard InChI is InChI=1S/C14H21N3O4S/c1-10-5-6-13(21-10)12-4-3-8-17(12)22(19,20)16-9-7-15-14(18)11(16)2/h5-6,11-12H,3-4,7-9H2,1-2H3,(H,15,18)/t11-,12-/m0/s1. The van der Waals surface area contributed by atoms with Crippen LogP contribution in [0.15, 0.2) is 16.5 Å². The van der Waals surface area contributed by atoms with Crippen LogP contribution in [0.4, 0.5) is 0 Å². The van der Waals surface area contributed by atoms with Gasteiger partial charge in [0.1, 0.15) is 17.6 Å². The highest BCUT2D eigenvalue weighted by Crippen LogP contribution is 2.36. The number of carbonyl (C=O) groups is 1. The third-order valence-corrected chi connectivity index (χ3v) is 6.45. The highest BCUT2D eigenvalue weighted by molar-refractivity contribution is 7.86. The topological polar surface area (TPSA) is 82.9 Å². The Morgan fingerprint density at radius 3 is 2.73 bits per heavy atom. The Bertz CT molecular complexity index is 669. The van der Waals surface area contributed by atoms with E-state index in [1.54, 1.807) is 6.92 Å². The third kappa shape index (κ3) is 2.55. The number of furan rings is 1. The van der Waals surface area contributed by atoms with Crippen LogP contribution in [0, 0.1) is 6.92 Å². The van der Waals surface area contributed by atoms with Gasteiger partial charge in [-0.05, 0) is 38.8 Å². The van der Waals surface area contributed by atoms with Gasteiger partial charge < -0.3 is 9.73 Å². The average molecular weight is 327 g/mol. The summed E-state index contributed by atoms with van der Waals surface area (Å²) >= 11 is 0. The lowest BCUT2D eigenvalue weighted by atomic mass is 10.2. The summed E-state index contributed by atoms with van der Waals surface area (Å²) in [6.45, 7) is 4.57. The van der Waals surface area contributed by atoms with Gasteiger partial charge in [-0.3, -0.25) is 4.79 Å². The Balaban J connectivity index is 1.89. The molecule has 2 atom stereocenters. The summed E-state index contributed by atoms with van der Waals surface area (Å²) in [5.74, 6) is 1.19. The van der Waals surface area contributed by atoms with Crippen LogP contribution in [0.3, 0.4) is 0 Å². The Hall–Kier alpha value is -1.38. The number of piperazine rings is 1. The smallest absolute Gasteiger partial charge is 0.283 e. The first-order chi connectivity index (χ1) is 10.4. The average Bonchev–Trinajstić information content (AvgIpc) is 3.10. The van der Waals surface area contributed by atoms with E-state index in [2.05, 4.69) is 5.32 Å². The predicted octanol–water partition coefficient (Wildman–Crippen LogP) is 0.790. The van der Waals surface area contributed by atoms with Crippen LogP contribution in [-0.2, 0) is 15.0 Å². The van der Waals surface area contributed by atoms with E-state index in [0.717, 1.165) is 18.6 Å².